The number of hydrogen-bond acceptors (Lipinski definition) is 8. The summed E-state index contributed by atoms with van der Waals surface area (Å²) in [5.41, 5.74) is 2.55. The first-order chi connectivity index (χ1) is 18.4. The Morgan fingerprint density at radius 2 is 1.92 bits per heavy atom. The van der Waals surface area contributed by atoms with Crippen molar-refractivity contribution in [2.24, 2.45) is 5.92 Å². The summed E-state index contributed by atoms with van der Waals surface area (Å²) >= 11 is 6.77. The fourth-order valence-corrected chi connectivity index (χ4v) is 6.32. The van der Waals surface area contributed by atoms with Gasteiger partial charge >= 0.3 is 0 Å². The van der Waals surface area contributed by atoms with E-state index in [0.29, 0.717) is 50.2 Å². The van der Waals surface area contributed by atoms with Gasteiger partial charge in [-0.2, -0.15) is 0 Å². The van der Waals surface area contributed by atoms with Gasteiger partial charge in [0.2, 0.25) is 6.79 Å². The number of anilines is 1. The van der Waals surface area contributed by atoms with Crippen LogP contribution in [0.3, 0.4) is 0 Å². The molecule has 3 aliphatic rings. The van der Waals surface area contributed by atoms with Crippen LogP contribution in [0.25, 0.3) is 11.7 Å². The molecule has 1 aliphatic carbocycles. The molecular formula is C28H28N4O4S2. The molecule has 10 heteroatoms. The summed E-state index contributed by atoms with van der Waals surface area (Å²) in [7, 11) is 0. The number of nitrogens with zero attached hydrogens (tertiary/aromatic N) is 3. The molecule has 0 spiro atoms. The summed E-state index contributed by atoms with van der Waals surface area (Å²) in [4.78, 5) is 33.9. The van der Waals surface area contributed by atoms with Gasteiger partial charge in [0.05, 0.1) is 17.0 Å². The van der Waals surface area contributed by atoms with Crippen molar-refractivity contribution in [3.8, 4) is 11.5 Å². The minimum absolute atomic E-state index is 0.188. The number of aromatic nitrogens is 2. The van der Waals surface area contributed by atoms with Crippen LogP contribution >= 0.6 is 24.0 Å². The summed E-state index contributed by atoms with van der Waals surface area (Å²) in [5, 5.41) is 3.53. The quantitative estimate of drug-likeness (QED) is 0.347. The summed E-state index contributed by atoms with van der Waals surface area (Å²) in [6.07, 6.45) is 7.74. The van der Waals surface area contributed by atoms with E-state index in [-0.39, 0.29) is 24.3 Å². The van der Waals surface area contributed by atoms with Crippen molar-refractivity contribution < 1.29 is 14.3 Å². The van der Waals surface area contributed by atoms with E-state index in [1.807, 2.05) is 37.3 Å². The van der Waals surface area contributed by atoms with Crippen molar-refractivity contribution in [1.82, 2.24) is 14.3 Å². The number of thioether (sulfide) groups is 1. The number of fused-ring (bicyclic) bond motifs is 2. The molecule has 3 aromatic rings. The van der Waals surface area contributed by atoms with E-state index in [0.717, 1.165) is 36.8 Å². The number of amides is 1. The SMILES string of the molecule is Cc1ccc2nc(NC3CCC(C)CC3)c(/C=C3/SC(=S)N(Cc4ccc5c(c4)OCO5)C3=O)c(=O)n2c1. The van der Waals surface area contributed by atoms with Crippen LogP contribution in [0.15, 0.2) is 46.2 Å². The van der Waals surface area contributed by atoms with Crippen LogP contribution in [0.2, 0.25) is 0 Å². The number of benzene rings is 1. The predicted molar refractivity (Wildman–Crippen MR) is 153 cm³/mol. The molecule has 6 rings (SSSR count). The lowest BCUT2D eigenvalue weighted by molar-refractivity contribution is -0.122. The number of aryl methyl sites for hydroxylation is 1. The molecule has 1 amide bonds. The number of pyridine rings is 1. The molecule has 0 atom stereocenters. The minimum atomic E-state index is -0.233. The molecule has 4 heterocycles. The number of hydrogen-bond donors (Lipinski definition) is 1. The van der Waals surface area contributed by atoms with E-state index in [2.05, 4.69) is 12.2 Å². The third-order valence-electron chi connectivity index (χ3n) is 7.29. The van der Waals surface area contributed by atoms with Crippen LogP contribution in [-0.4, -0.2) is 37.3 Å². The molecule has 8 nitrogen and oxygen atoms in total. The zero-order chi connectivity index (χ0) is 26.4. The fraction of sp³-hybridized carbons (Fsp3) is 0.357. The van der Waals surface area contributed by atoms with Crippen molar-refractivity contribution in [2.45, 2.75) is 52.1 Å². The second-order valence-corrected chi connectivity index (χ2v) is 11.8. The van der Waals surface area contributed by atoms with Crippen LogP contribution in [0.4, 0.5) is 5.82 Å². The first-order valence-corrected chi connectivity index (χ1v) is 14.0. The summed E-state index contributed by atoms with van der Waals surface area (Å²) in [5.74, 6) is 2.33. The Bertz CT molecular complexity index is 1540. The van der Waals surface area contributed by atoms with Gasteiger partial charge in [-0.15, -0.1) is 0 Å². The highest BCUT2D eigenvalue weighted by atomic mass is 32.2. The van der Waals surface area contributed by atoms with Crippen LogP contribution in [0, 0.1) is 12.8 Å². The molecule has 1 N–H and O–H groups in total. The lowest BCUT2D eigenvalue weighted by Gasteiger charge is -2.27. The normalized spacial score (nSPS) is 22.1. The van der Waals surface area contributed by atoms with Crippen molar-refractivity contribution in [2.75, 3.05) is 12.1 Å². The summed E-state index contributed by atoms with van der Waals surface area (Å²) in [6.45, 7) is 4.70. The highest BCUT2D eigenvalue weighted by Gasteiger charge is 2.33. The molecule has 1 aromatic carbocycles. The van der Waals surface area contributed by atoms with Crippen molar-refractivity contribution in [3.63, 3.8) is 0 Å². The molecule has 0 bridgehead atoms. The number of carbonyl (C=O) groups is 1. The van der Waals surface area contributed by atoms with Gasteiger partial charge in [0, 0.05) is 12.2 Å². The highest BCUT2D eigenvalue weighted by molar-refractivity contribution is 8.26. The van der Waals surface area contributed by atoms with Gasteiger partial charge in [-0.25, -0.2) is 4.98 Å². The molecule has 1 saturated carbocycles. The first kappa shape index (κ1) is 24.9. The van der Waals surface area contributed by atoms with Gasteiger partial charge in [0.1, 0.15) is 15.8 Å². The Morgan fingerprint density at radius 3 is 2.74 bits per heavy atom. The van der Waals surface area contributed by atoms with Crippen molar-refractivity contribution in [3.05, 3.63) is 68.5 Å². The standard InChI is InChI=1S/C28H28N4O4S2/c1-16-3-7-19(8-4-16)29-25-20(26(33)31-13-17(2)5-10-24(31)30-25)12-23-27(34)32(28(37)38-23)14-18-6-9-21-22(11-18)36-15-35-21/h5-6,9-13,16,19,29H,3-4,7-8,14-15H2,1-2H3/b23-12+. The third kappa shape index (κ3) is 4.78. The maximum Gasteiger partial charge on any atom is 0.267 e. The Morgan fingerprint density at radius 1 is 1.13 bits per heavy atom. The summed E-state index contributed by atoms with van der Waals surface area (Å²) in [6, 6.07) is 9.61. The number of thiocarbonyl (C=S) groups is 1. The van der Waals surface area contributed by atoms with Crippen molar-refractivity contribution >= 4 is 51.7 Å². The van der Waals surface area contributed by atoms with Crippen LogP contribution < -0.4 is 20.3 Å². The molecule has 2 aliphatic heterocycles. The topological polar surface area (TPSA) is 85.2 Å². The molecule has 0 unspecified atom stereocenters. The predicted octanol–water partition coefficient (Wildman–Crippen LogP) is 5.12. The minimum Gasteiger partial charge on any atom is -0.454 e. The zero-order valence-corrected chi connectivity index (χ0v) is 22.9. The number of nitrogens with one attached hydrogen (secondary N) is 1. The maximum absolute atomic E-state index is 13.7. The van der Waals surface area contributed by atoms with Crippen molar-refractivity contribution in [1.29, 1.82) is 0 Å². The monoisotopic (exact) mass is 548 g/mol. The largest absolute Gasteiger partial charge is 0.454 e. The van der Waals surface area contributed by atoms with E-state index in [1.54, 1.807) is 21.6 Å². The fourth-order valence-electron chi connectivity index (χ4n) is 5.09. The number of rotatable bonds is 5. The molecular weight excluding hydrogens is 520 g/mol. The van der Waals surface area contributed by atoms with Gasteiger partial charge in [-0.3, -0.25) is 18.9 Å². The second kappa shape index (κ2) is 10.1. The summed E-state index contributed by atoms with van der Waals surface area (Å²) < 4.78 is 12.8. The Hall–Kier alpha value is -3.37. The average molecular weight is 549 g/mol. The molecule has 38 heavy (non-hydrogen) atoms. The molecule has 0 radical (unpaired) electrons. The van der Waals surface area contributed by atoms with E-state index < -0.39 is 0 Å². The van der Waals surface area contributed by atoms with Gasteiger partial charge in [-0.05, 0) is 73.9 Å². The Balaban J connectivity index is 1.34. The maximum atomic E-state index is 13.7. The number of ether oxygens (including phenoxy) is 2. The van der Waals surface area contributed by atoms with Gasteiger partial charge in [-0.1, -0.05) is 43.0 Å². The average Bonchev–Trinajstić information content (AvgIpc) is 3.47. The molecule has 2 fully saturated rings. The van der Waals surface area contributed by atoms with E-state index in [9.17, 15) is 9.59 Å². The smallest absolute Gasteiger partial charge is 0.267 e. The van der Waals surface area contributed by atoms with Crippen LogP contribution in [-0.2, 0) is 11.3 Å². The number of carbonyl (C=O) groups excluding carboxylic acids is 1. The highest BCUT2D eigenvalue weighted by Crippen LogP contribution is 2.37. The first-order valence-electron chi connectivity index (χ1n) is 12.8. The molecule has 196 valence electrons. The lowest BCUT2D eigenvalue weighted by Crippen LogP contribution is -2.29. The van der Waals surface area contributed by atoms with Gasteiger partial charge in [0.15, 0.2) is 11.5 Å². The second-order valence-electron chi connectivity index (χ2n) is 10.2. The van der Waals surface area contributed by atoms with E-state index >= 15 is 0 Å². The van der Waals surface area contributed by atoms with E-state index in [1.165, 1.54) is 11.8 Å². The molecule has 2 aromatic heterocycles. The lowest BCUT2D eigenvalue weighted by atomic mass is 9.87. The zero-order valence-electron chi connectivity index (χ0n) is 21.2. The van der Waals surface area contributed by atoms with E-state index in [4.69, 9.17) is 26.7 Å². The van der Waals surface area contributed by atoms with Crippen LogP contribution in [0.1, 0.15) is 49.3 Å². The Labute approximate surface area is 230 Å². The van der Waals surface area contributed by atoms with Gasteiger partial charge < -0.3 is 14.8 Å². The third-order valence-corrected chi connectivity index (χ3v) is 8.67. The van der Waals surface area contributed by atoms with Gasteiger partial charge in [0.25, 0.3) is 11.5 Å². The Kier molecular flexibility index (Phi) is 6.61. The van der Waals surface area contributed by atoms with Crippen LogP contribution in [0.5, 0.6) is 11.5 Å². The molecule has 1 saturated heterocycles.